The molecule has 0 saturated heterocycles. The van der Waals surface area contributed by atoms with Crippen molar-refractivity contribution >= 4 is 15.9 Å². The lowest BCUT2D eigenvalue weighted by Crippen LogP contribution is -2.04. The van der Waals surface area contributed by atoms with Gasteiger partial charge in [-0.1, -0.05) is 15.9 Å². The van der Waals surface area contributed by atoms with Gasteiger partial charge in [-0.3, -0.25) is 0 Å². The van der Waals surface area contributed by atoms with Crippen LogP contribution in [0.25, 0.3) is 0 Å². The molecular weight excluding hydrogens is 335 g/mol. The van der Waals surface area contributed by atoms with Crippen LogP contribution >= 0.6 is 15.9 Å². The lowest BCUT2D eigenvalue weighted by molar-refractivity contribution is 0.404. The van der Waals surface area contributed by atoms with Crippen LogP contribution in [0.15, 0.2) is 34.8 Å². The van der Waals surface area contributed by atoms with Gasteiger partial charge in [-0.15, -0.1) is 0 Å². The molecule has 6 heteroatoms. The minimum Gasteiger partial charge on any atom is -0.451 e. The fourth-order valence-electron chi connectivity index (χ4n) is 1.73. The summed E-state index contributed by atoms with van der Waals surface area (Å²) >= 11 is 3.07. The zero-order valence-electron chi connectivity index (χ0n) is 10.3. The Hall–Kier alpha value is -1.53. The smallest absolute Gasteiger partial charge is 0.198 e. The second-order valence-corrected chi connectivity index (χ2v) is 5.05. The molecule has 0 heterocycles. The van der Waals surface area contributed by atoms with Gasteiger partial charge in [-0.2, -0.15) is 0 Å². The summed E-state index contributed by atoms with van der Waals surface area (Å²) in [5, 5.41) is 0. The van der Waals surface area contributed by atoms with E-state index in [9.17, 15) is 13.2 Å². The van der Waals surface area contributed by atoms with Gasteiger partial charge in [-0.25, -0.2) is 13.2 Å². The highest BCUT2D eigenvalue weighted by atomic mass is 79.9. The Morgan fingerprint density at radius 3 is 2.20 bits per heavy atom. The van der Waals surface area contributed by atoms with Crippen molar-refractivity contribution in [1.29, 1.82) is 0 Å². The Morgan fingerprint density at radius 1 is 1.00 bits per heavy atom. The average Bonchev–Trinajstić information content (AvgIpc) is 2.33. The monoisotopic (exact) mass is 345 g/mol. The third-order valence-electron chi connectivity index (χ3n) is 2.55. The molecule has 0 spiro atoms. The fourth-order valence-corrected chi connectivity index (χ4v) is 2.17. The Labute approximate surface area is 122 Å². The first-order chi connectivity index (χ1) is 9.49. The summed E-state index contributed by atoms with van der Waals surface area (Å²) in [6.07, 6.45) is 0.361. The Kier molecular flexibility index (Phi) is 4.67. The van der Waals surface area contributed by atoms with E-state index in [0.29, 0.717) is 16.5 Å². The number of halogens is 4. The van der Waals surface area contributed by atoms with Gasteiger partial charge >= 0.3 is 0 Å². The van der Waals surface area contributed by atoms with Gasteiger partial charge in [0.2, 0.25) is 0 Å². The predicted molar refractivity (Wildman–Crippen MR) is 73.3 cm³/mol. The van der Waals surface area contributed by atoms with E-state index in [1.807, 2.05) is 0 Å². The second-order valence-electron chi connectivity index (χ2n) is 4.13. The summed E-state index contributed by atoms with van der Waals surface area (Å²) in [6.45, 7) is 0.288. The third-order valence-corrected chi connectivity index (χ3v) is 3.00. The van der Waals surface area contributed by atoms with Crippen LogP contribution in [-0.4, -0.2) is 6.54 Å². The number of benzene rings is 2. The lowest BCUT2D eigenvalue weighted by atomic mass is 10.1. The standard InChI is InChI=1S/C14H11BrF3NO/c15-9-5-10(16)7-11(6-9)20-14-12(17)3-8(1-2-19)4-13(14)18/h3-7H,1-2,19H2. The SMILES string of the molecule is NCCc1cc(F)c(Oc2cc(F)cc(Br)c2)c(F)c1. The molecule has 0 aliphatic rings. The van der Waals surface area contributed by atoms with Crippen molar-refractivity contribution in [3.8, 4) is 11.5 Å². The summed E-state index contributed by atoms with van der Waals surface area (Å²) in [5.74, 6) is -2.85. The van der Waals surface area contributed by atoms with Crippen LogP contribution in [0, 0.1) is 17.5 Å². The molecule has 0 fully saturated rings. The first kappa shape index (κ1) is 14.9. The Bertz CT molecular complexity index is 591. The second kappa shape index (κ2) is 6.28. The van der Waals surface area contributed by atoms with E-state index in [-0.39, 0.29) is 12.3 Å². The highest BCUT2D eigenvalue weighted by molar-refractivity contribution is 9.10. The van der Waals surface area contributed by atoms with E-state index in [1.165, 1.54) is 12.1 Å². The van der Waals surface area contributed by atoms with E-state index in [2.05, 4.69) is 15.9 Å². The maximum atomic E-state index is 13.8. The van der Waals surface area contributed by atoms with Gasteiger partial charge in [0.15, 0.2) is 17.4 Å². The largest absolute Gasteiger partial charge is 0.451 e. The summed E-state index contributed by atoms with van der Waals surface area (Å²) in [7, 11) is 0. The molecule has 2 aromatic rings. The van der Waals surface area contributed by atoms with Gasteiger partial charge < -0.3 is 10.5 Å². The number of rotatable bonds is 4. The topological polar surface area (TPSA) is 35.2 Å². The summed E-state index contributed by atoms with van der Waals surface area (Å²) < 4.78 is 46.3. The van der Waals surface area contributed by atoms with Crippen LogP contribution in [0.1, 0.15) is 5.56 Å². The molecule has 0 amide bonds. The van der Waals surface area contributed by atoms with Crippen molar-refractivity contribution in [1.82, 2.24) is 0 Å². The molecule has 0 aliphatic heterocycles. The zero-order valence-corrected chi connectivity index (χ0v) is 11.9. The van der Waals surface area contributed by atoms with E-state index in [4.69, 9.17) is 10.5 Å². The quantitative estimate of drug-likeness (QED) is 0.902. The van der Waals surface area contributed by atoms with Crippen LogP contribution in [0.4, 0.5) is 13.2 Å². The molecule has 2 N–H and O–H groups in total. The molecule has 0 unspecified atom stereocenters. The van der Waals surface area contributed by atoms with Crippen LogP contribution in [-0.2, 0) is 6.42 Å². The van der Waals surface area contributed by atoms with Crippen molar-refractivity contribution in [3.05, 3.63) is 57.8 Å². The molecule has 0 bridgehead atoms. The molecule has 106 valence electrons. The fraction of sp³-hybridized carbons (Fsp3) is 0.143. The number of hydrogen-bond donors (Lipinski definition) is 1. The molecule has 0 radical (unpaired) electrons. The first-order valence-corrected chi connectivity index (χ1v) is 6.61. The van der Waals surface area contributed by atoms with Crippen LogP contribution < -0.4 is 10.5 Å². The van der Waals surface area contributed by atoms with Crippen LogP contribution in [0.2, 0.25) is 0 Å². The third kappa shape index (κ3) is 3.52. The Morgan fingerprint density at radius 2 is 1.65 bits per heavy atom. The van der Waals surface area contributed by atoms with E-state index in [0.717, 1.165) is 18.2 Å². The van der Waals surface area contributed by atoms with Crippen molar-refractivity contribution < 1.29 is 17.9 Å². The summed E-state index contributed by atoms with van der Waals surface area (Å²) in [5.41, 5.74) is 5.77. The average molecular weight is 346 g/mol. The molecule has 2 rings (SSSR count). The van der Waals surface area contributed by atoms with Gasteiger partial charge in [0.1, 0.15) is 11.6 Å². The van der Waals surface area contributed by atoms with Crippen molar-refractivity contribution in [2.45, 2.75) is 6.42 Å². The highest BCUT2D eigenvalue weighted by Crippen LogP contribution is 2.30. The summed E-state index contributed by atoms with van der Waals surface area (Å²) in [4.78, 5) is 0. The maximum absolute atomic E-state index is 13.8. The van der Waals surface area contributed by atoms with Crippen molar-refractivity contribution in [2.75, 3.05) is 6.54 Å². The van der Waals surface area contributed by atoms with Crippen LogP contribution in [0.3, 0.4) is 0 Å². The Balaban J connectivity index is 2.33. The molecule has 20 heavy (non-hydrogen) atoms. The van der Waals surface area contributed by atoms with Crippen molar-refractivity contribution in [3.63, 3.8) is 0 Å². The maximum Gasteiger partial charge on any atom is 0.198 e. The van der Waals surface area contributed by atoms with Gasteiger partial charge in [0.05, 0.1) is 0 Å². The molecular formula is C14H11BrF3NO. The van der Waals surface area contributed by atoms with Gasteiger partial charge in [0.25, 0.3) is 0 Å². The molecule has 2 nitrogen and oxygen atoms in total. The minimum absolute atomic E-state index is 0.00116. The van der Waals surface area contributed by atoms with Crippen molar-refractivity contribution in [2.24, 2.45) is 5.73 Å². The molecule has 2 aromatic carbocycles. The molecule has 0 saturated carbocycles. The highest BCUT2D eigenvalue weighted by Gasteiger charge is 2.14. The zero-order chi connectivity index (χ0) is 14.7. The minimum atomic E-state index is -0.853. The van der Waals surface area contributed by atoms with Gasteiger partial charge in [-0.05, 0) is 42.8 Å². The number of nitrogens with two attached hydrogens (primary N) is 1. The van der Waals surface area contributed by atoms with Crippen LogP contribution in [0.5, 0.6) is 11.5 Å². The van der Waals surface area contributed by atoms with E-state index >= 15 is 0 Å². The van der Waals surface area contributed by atoms with Gasteiger partial charge in [0, 0.05) is 10.5 Å². The van der Waals surface area contributed by atoms with E-state index < -0.39 is 23.2 Å². The number of hydrogen-bond acceptors (Lipinski definition) is 2. The molecule has 0 atom stereocenters. The van der Waals surface area contributed by atoms with E-state index in [1.54, 1.807) is 0 Å². The predicted octanol–water partition coefficient (Wildman–Crippen LogP) is 4.16. The number of ether oxygens (including phenoxy) is 1. The summed E-state index contributed by atoms with van der Waals surface area (Å²) in [6, 6.07) is 5.97. The molecule has 0 aromatic heterocycles. The first-order valence-electron chi connectivity index (χ1n) is 5.81. The molecule has 0 aliphatic carbocycles. The lowest BCUT2D eigenvalue weighted by Gasteiger charge is -2.10. The normalized spacial score (nSPS) is 10.7.